The highest BCUT2D eigenvalue weighted by molar-refractivity contribution is 6.35. The first-order valence-corrected chi connectivity index (χ1v) is 6.85. The lowest BCUT2D eigenvalue weighted by Gasteiger charge is -2.23. The molecule has 0 atom stereocenters. The van der Waals surface area contributed by atoms with E-state index in [1.165, 1.54) is 0 Å². The van der Waals surface area contributed by atoms with Gasteiger partial charge in [0.1, 0.15) is 5.75 Å². The van der Waals surface area contributed by atoms with E-state index in [0.29, 0.717) is 34.9 Å². The Kier molecular flexibility index (Phi) is 5.13. The molecule has 2 N–H and O–H groups in total. The summed E-state index contributed by atoms with van der Waals surface area (Å²) in [5.41, 5.74) is 6.53. The van der Waals surface area contributed by atoms with E-state index in [1.807, 2.05) is 0 Å². The number of halogens is 2. The van der Waals surface area contributed by atoms with E-state index in [2.05, 4.69) is 0 Å². The van der Waals surface area contributed by atoms with Gasteiger partial charge in [0.25, 0.3) is 0 Å². The second-order valence-electron chi connectivity index (χ2n) is 4.45. The number of hydrogen-bond donors (Lipinski definition) is 1. The summed E-state index contributed by atoms with van der Waals surface area (Å²) in [7, 11) is 0. The third-order valence-electron chi connectivity index (χ3n) is 3.11. The van der Waals surface area contributed by atoms with Crippen molar-refractivity contribution < 1.29 is 9.47 Å². The highest BCUT2D eigenvalue weighted by atomic mass is 35.5. The summed E-state index contributed by atoms with van der Waals surface area (Å²) in [6, 6.07) is 3.48. The van der Waals surface area contributed by atoms with E-state index < -0.39 is 0 Å². The maximum absolute atomic E-state index is 6.14. The summed E-state index contributed by atoms with van der Waals surface area (Å²) in [5.74, 6) is 1.19. The van der Waals surface area contributed by atoms with Crippen LogP contribution in [0.3, 0.4) is 0 Å². The third kappa shape index (κ3) is 3.51. The summed E-state index contributed by atoms with van der Waals surface area (Å²) in [4.78, 5) is 0. The van der Waals surface area contributed by atoms with Crippen LogP contribution in [-0.2, 0) is 11.3 Å². The maximum Gasteiger partial charge on any atom is 0.142 e. The van der Waals surface area contributed by atoms with Gasteiger partial charge in [0, 0.05) is 30.3 Å². The Bertz CT molecular complexity index is 406. The van der Waals surface area contributed by atoms with Crippen LogP contribution in [0.4, 0.5) is 0 Å². The van der Waals surface area contributed by atoms with Crippen LogP contribution in [-0.4, -0.2) is 19.8 Å². The van der Waals surface area contributed by atoms with E-state index in [9.17, 15) is 0 Å². The lowest BCUT2D eigenvalue weighted by atomic mass is 10.0. The van der Waals surface area contributed by atoms with Gasteiger partial charge in [-0.3, -0.25) is 0 Å². The molecule has 0 unspecified atom stereocenters. The lowest BCUT2D eigenvalue weighted by molar-refractivity contribution is 0.0496. The van der Waals surface area contributed by atoms with E-state index in [-0.39, 0.29) is 0 Å². The zero-order valence-electron chi connectivity index (χ0n) is 10.1. The van der Waals surface area contributed by atoms with Gasteiger partial charge < -0.3 is 15.2 Å². The van der Waals surface area contributed by atoms with E-state index in [1.54, 1.807) is 12.1 Å². The number of nitrogens with two attached hydrogens (primary N) is 1. The minimum atomic E-state index is 0.364. The quantitative estimate of drug-likeness (QED) is 0.925. The van der Waals surface area contributed by atoms with Crippen LogP contribution in [0.15, 0.2) is 12.1 Å². The van der Waals surface area contributed by atoms with Crippen LogP contribution >= 0.6 is 23.2 Å². The highest BCUT2D eigenvalue weighted by Gasteiger charge is 2.16. The second kappa shape index (κ2) is 6.62. The van der Waals surface area contributed by atoms with Crippen molar-refractivity contribution in [2.75, 3.05) is 19.8 Å². The van der Waals surface area contributed by atoms with Gasteiger partial charge in [0.15, 0.2) is 0 Å². The Labute approximate surface area is 117 Å². The van der Waals surface area contributed by atoms with Gasteiger partial charge in [-0.25, -0.2) is 0 Å². The normalized spacial score (nSPS) is 16.8. The van der Waals surface area contributed by atoms with Crippen LogP contribution in [0.5, 0.6) is 5.75 Å². The summed E-state index contributed by atoms with van der Waals surface area (Å²) in [6.45, 7) is 2.64. The fourth-order valence-electron chi connectivity index (χ4n) is 2.04. The molecule has 3 nitrogen and oxygen atoms in total. The minimum Gasteiger partial charge on any atom is -0.491 e. The summed E-state index contributed by atoms with van der Waals surface area (Å²) >= 11 is 12.1. The largest absolute Gasteiger partial charge is 0.491 e. The number of rotatable bonds is 4. The molecule has 1 aliphatic heterocycles. The van der Waals surface area contributed by atoms with Crippen molar-refractivity contribution >= 4 is 23.2 Å². The van der Waals surface area contributed by atoms with Gasteiger partial charge in [-0.05, 0) is 30.9 Å². The molecule has 1 fully saturated rings. The molecule has 0 saturated carbocycles. The van der Waals surface area contributed by atoms with Gasteiger partial charge in [-0.1, -0.05) is 23.2 Å². The number of ether oxygens (including phenoxy) is 2. The zero-order chi connectivity index (χ0) is 13.0. The average Bonchev–Trinajstić information content (AvgIpc) is 2.38. The summed E-state index contributed by atoms with van der Waals surface area (Å²) in [6.07, 6.45) is 2.06. The predicted molar refractivity (Wildman–Crippen MR) is 73.4 cm³/mol. The first-order valence-electron chi connectivity index (χ1n) is 6.09. The Morgan fingerprint density at radius 3 is 2.67 bits per heavy atom. The number of benzene rings is 1. The molecular weight excluding hydrogens is 273 g/mol. The molecule has 5 heteroatoms. The summed E-state index contributed by atoms with van der Waals surface area (Å²) in [5, 5.41) is 1.11. The molecule has 1 heterocycles. The molecular formula is C13H17Cl2NO2. The van der Waals surface area contributed by atoms with E-state index >= 15 is 0 Å². The molecule has 2 rings (SSSR count). The van der Waals surface area contributed by atoms with Crippen LogP contribution in [0.1, 0.15) is 18.4 Å². The van der Waals surface area contributed by atoms with Crippen molar-refractivity contribution in [3.8, 4) is 5.75 Å². The van der Waals surface area contributed by atoms with Gasteiger partial charge in [0.2, 0.25) is 0 Å². The van der Waals surface area contributed by atoms with Gasteiger partial charge in [0.05, 0.1) is 11.6 Å². The fourth-order valence-corrected chi connectivity index (χ4v) is 2.63. The molecule has 1 aromatic carbocycles. The van der Waals surface area contributed by atoms with E-state index in [0.717, 1.165) is 31.6 Å². The van der Waals surface area contributed by atoms with Crippen molar-refractivity contribution in [2.45, 2.75) is 19.4 Å². The smallest absolute Gasteiger partial charge is 0.142 e. The first-order chi connectivity index (χ1) is 8.70. The molecule has 18 heavy (non-hydrogen) atoms. The molecule has 0 aromatic heterocycles. The molecule has 100 valence electrons. The van der Waals surface area contributed by atoms with Gasteiger partial charge in [-0.2, -0.15) is 0 Å². The van der Waals surface area contributed by atoms with Crippen molar-refractivity contribution in [2.24, 2.45) is 11.7 Å². The average molecular weight is 290 g/mol. The standard InChI is InChI=1S/C13H17Cl2NO2/c14-11-5-10(7-16)13(12(15)6-11)18-8-9-1-3-17-4-2-9/h5-6,9H,1-4,7-8,16H2. The molecule has 1 saturated heterocycles. The molecule has 0 aliphatic carbocycles. The topological polar surface area (TPSA) is 44.5 Å². The van der Waals surface area contributed by atoms with Crippen molar-refractivity contribution in [3.05, 3.63) is 27.7 Å². The maximum atomic E-state index is 6.14. The molecule has 0 spiro atoms. The molecule has 0 amide bonds. The van der Waals surface area contributed by atoms with Crippen molar-refractivity contribution in [1.29, 1.82) is 0 Å². The Hall–Kier alpha value is -0.480. The third-order valence-corrected chi connectivity index (χ3v) is 3.61. The second-order valence-corrected chi connectivity index (χ2v) is 5.29. The summed E-state index contributed by atoms with van der Waals surface area (Å²) < 4.78 is 11.1. The lowest BCUT2D eigenvalue weighted by Crippen LogP contribution is -2.22. The Morgan fingerprint density at radius 2 is 2.00 bits per heavy atom. The highest BCUT2D eigenvalue weighted by Crippen LogP contribution is 2.33. The Morgan fingerprint density at radius 1 is 1.28 bits per heavy atom. The zero-order valence-corrected chi connectivity index (χ0v) is 11.6. The van der Waals surface area contributed by atoms with Gasteiger partial charge in [-0.15, -0.1) is 0 Å². The van der Waals surface area contributed by atoms with Crippen molar-refractivity contribution in [1.82, 2.24) is 0 Å². The van der Waals surface area contributed by atoms with Crippen molar-refractivity contribution in [3.63, 3.8) is 0 Å². The van der Waals surface area contributed by atoms with Gasteiger partial charge >= 0.3 is 0 Å². The molecule has 1 aromatic rings. The molecule has 1 aliphatic rings. The van der Waals surface area contributed by atoms with Crippen LogP contribution in [0.25, 0.3) is 0 Å². The van der Waals surface area contributed by atoms with Crippen LogP contribution < -0.4 is 10.5 Å². The number of hydrogen-bond acceptors (Lipinski definition) is 3. The predicted octanol–water partition coefficient (Wildman–Crippen LogP) is 3.26. The first kappa shape index (κ1) is 13.9. The molecule has 0 bridgehead atoms. The molecule has 0 radical (unpaired) electrons. The monoisotopic (exact) mass is 289 g/mol. The van der Waals surface area contributed by atoms with Crippen LogP contribution in [0, 0.1) is 5.92 Å². The van der Waals surface area contributed by atoms with Crippen LogP contribution in [0.2, 0.25) is 10.0 Å². The van der Waals surface area contributed by atoms with E-state index in [4.69, 9.17) is 38.4 Å². The Balaban J connectivity index is 2.03. The fraction of sp³-hybridized carbons (Fsp3) is 0.538. The SMILES string of the molecule is NCc1cc(Cl)cc(Cl)c1OCC1CCOCC1. The minimum absolute atomic E-state index is 0.364.